The number of methoxy groups -OCH3 is 1. The number of hydrogen-bond donors (Lipinski definition) is 1. The molecule has 0 aliphatic heterocycles. The molecule has 0 radical (unpaired) electrons. The summed E-state index contributed by atoms with van der Waals surface area (Å²) >= 11 is 5.83. The smallest absolute Gasteiger partial charge is 0.165 e. The molecule has 0 saturated carbocycles. The van der Waals surface area contributed by atoms with Crippen LogP contribution in [-0.4, -0.2) is 7.11 Å². The Morgan fingerprint density at radius 3 is 2.62 bits per heavy atom. The lowest BCUT2D eigenvalue weighted by Crippen LogP contribution is -1.98. The Bertz CT molecular complexity index is 804. The van der Waals surface area contributed by atoms with Crippen molar-refractivity contribution >= 4 is 33.7 Å². The molecule has 2 nitrogen and oxygen atoms in total. The summed E-state index contributed by atoms with van der Waals surface area (Å²) in [5, 5.41) is 5.17. The van der Waals surface area contributed by atoms with Crippen LogP contribution in [0.2, 0.25) is 5.02 Å². The van der Waals surface area contributed by atoms with Crippen LogP contribution in [0.1, 0.15) is 0 Å². The molecule has 3 aromatic carbocycles. The molecule has 0 atom stereocenters. The molecular formula is C17H13ClFNO. The molecule has 0 fully saturated rings. The topological polar surface area (TPSA) is 21.3 Å². The summed E-state index contributed by atoms with van der Waals surface area (Å²) in [5.74, 6) is 0.169. The predicted octanol–water partition coefficient (Wildman–Crippen LogP) is 5.38. The molecule has 3 aromatic rings. The molecule has 0 unspecified atom stereocenters. The van der Waals surface area contributed by atoms with Crippen molar-refractivity contribution < 1.29 is 9.13 Å². The first-order valence-corrected chi connectivity index (χ1v) is 6.85. The molecule has 0 aromatic heterocycles. The van der Waals surface area contributed by atoms with Crippen LogP contribution in [0.15, 0.2) is 54.6 Å². The lowest BCUT2D eigenvalue weighted by atomic mass is 10.1. The van der Waals surface area contributed by atoms with Gasteiger partial charge in [0, 0.05) is 5.39 Å². The Morgan fingerprint density at radius 2 is 1.81 bits per heavy atom. The van der Waals surface area contributed by atoms with Gasteiger partial charge < -0.3 is 10.1 Å². The third kappa shape index (κ3) is 2.52. The SMILES string of the molecule is COc1ccc2ccccc2c1Nc1cccc(Cl)c1F. The maximum atomic E-state index is 14.1. The molecule has 3 rings (SSSR count). The summed E-state index contributed by atoms with van der Waals surface area (Å²) in [6.45, 7) is 0. The Hall–Kier alpha value is -2.26. The van der Waals surface area contributed by atoms with E-state index in [0.29, 0.717) is 11.4 Å². The minimum absolute atomic E-state index is 0.0826. The minimum atomic E-state index is -0.478. The first kappa shape index (κ1) is 13.7. The van der Waals surface area contributed by atoms with Gasteiger partial charge in [0.1, 0.15) is 5.75 Å². The zero-order valence-corrected chi connectivity index (χ0v) is 12.1. The molecule has 0 saturated heterocycles. The van der Waals surface area contributed by atoms with Crippen LogP contribution >= 0.6 is 11.6 Å². The van der Waals surface area contributed by atoms with Crippen molar-refractivity contribution in [3.8, 4) is 5.75 Å². The van der Waals surface area contributed by atoms with E-state index in [1.165, 1.54) is 6.07 Å². The zero-order valence-electron chi connectivity index (χ0n) is 11.4. The van der Waals surface area contributed by atoms with E-state index in [1.807, 2.05) is 36.4 Å². The van der Waals surface area contributed by atoms with Crippen LogP contribution in [0.5, 0.6) is 5.75 Å². The summed E-state index contributed by atoms with van der Waals surface area (Å²) in [5.41, 5.74) is 1.04. The number of anilines is 2. The van der Waals surface area contributed by atoms with Crippen LogP contribution < -0.4 is 10.1 Å². The van der Waals surface area contributed by atoms with Gasteiger partial charge in [-0.1, -0.05) is 48.0 Å². The van der Waals surface area contributed by atoms with Gasteiger partial charge in [-0.25, -0.2) is 4.39 Å². The monoisotopic (exact) mass is 301 g/mol. The molecule has 0 aliphatic rings. The van der Waals surface area contributed by atoms with Crippen molar-refractivity contribution in [1.82, 2.24) is 0 Å². The van der Waals surface area contributed by atoms with Gasteiger partial charge in [0.2, 0.25) is 0 Å². The number of rotatable bonds is 3. The summed E-state index contributed by atoms with van der Waals surface area (Å²) in [4.78, 5) is 0. The number of hydrogen-bond acceptors (Lipinski definition) is 2. The molecule has 0 spiro atoms. The Labute approximate surface area is 127 Å². The lowest BCUT2D eigenvalue weighted by Gasteiger charge is -2.15. The average molecular weight is 302 g/mol. The number of nitrogens with one attached hydrogen (secondary N) is 1. The standard InChI is InChI=1S/C17H13ClFNO/c1-21-15-10-9-11-5-2-3-6-12(11)17(15)20-14-8-4-7-13(18)16(14)19/h2-10,20H,1H3. The number of halogens is 2. The Balaban J connectivity index is 2.17. The van der Waals surface area contributed by atoms with Gasteiger partial charge in [0.15, 0.2) is 5.82 Å². The quantitative estimate of drug-likeness (QED) is 0.701. The molecule has 106 valence electrons. The van der Waals surface area contributed by atoms with Gasteiger partial charge in [-0.15, -0.1) is 0 Å². The van der Waals surface area contributed by atoms with E-state index < -0.39 is 5.82 Å². The van der Waals surface area contributed by atoms with Crippen LogP contribution in [0, 0.1) is 5.82 Å². The maximum absolute atomic E-state index is 14.1. The number of fused-ring (bicyclic) bond motifs is 1. The summed E-state index contributed by atoms with van der Waals surface area (Å²) < 4.78 is 19.5. The highest BCUT2D eigenvalue weighted by Crippen LogP contribution is 2.36. The Kier molecular flexibility index (Phi) is 3.67. The van der Waals surface area contributed by atoms with Crippen LogP contribution in [0.4, 0.5) is 15.8 Å². The Morgan fingerprint density at radius 1 is 1.00 bits per heavy atom. The second-order valence-corrected chi connectivity index (χ2v) is 5.00. The van der Waals surface area contributed by atoms with Crippen LogP contribution in [-0.2, 0) is 0 Å². The molecular weight excluding hydrogens is 289 g/mol. The summed E-state index contributed by atoms with van der Waals surface area (Å²) in [6.07, 6.45) is 0. The third-order valence-corrected chi connectivity index (χ3v) is 3.61. The van der Waals surface area contributed by atoms with E-state index in [4.69, 9.17) is 16.3 Å². The third-order valence-electron chi connectivity index (χ3n) is 3.32. The van der Waals surface area contributed by atoms with Crippen molar-refractivity contribution in [1.29, 1.82) is 0 Å². The zero-order chi connectivity index (χ0) is 14.8. The van der Waals surface area contributed by atoms with Crippen LogP contribution in [0.25, 0.3) is 10.8 Å². The van der Waals surface area contributed by atoms with E-state index >= 15 is 0 Å². The summed E-state index contributed by atoms with van der Waals surface area (Å²) in [7, 11) is 1.59. The highest BCUT2D eigenvalue weighted by molar-refractivity contribution is 6.31. The molecule has 0 heterocycles. The largest absolute Gasteiger partial charge is 0.495 e. The summed E-state index contributed by atoms with van der Waals surface area (Å²) in [6, 6.07) is 16.5. The first-order valence-electron chi connectivity index (χ1n) is 6.47. The molecule has 4 heteroatoms. The highest BCUT2D eigenvalue weighted by atomic mass is 35.5. The average Bonchev–Trinajstić information content (AvgIpc) is 2.52. The molecule has 21 heavy (non-hydrogen) atoms. The molecule has 0 amide bonds. The van der Waals surface area contributed by atoms with Crippen molar-refractivity contribution in [2.75, 3.05) is 12.4 Å². The number of ether oxygens (including phenoxy) is 1. The second-order valence-electron chi connectivity index (χ2n) is 4.59. The fourth-order valence-electron chi connectivity index (χ4n) is 2.29. The molecule has 0 bridgehead atoms. The normalized spacial score (nSPS) is 10.6. The first-order chi connectivity index (χ1) is 10.2. The van der Waals surface area contributed by atoms with Crippen molar-refractivity contribution in [2.45, 2.75) is 0 Å². The van der Waals surface area contributed by atoms with Gasteiger partial charge in [-0.2, -0.15) is 0 Å². The minimum Gasteiger partial charge on any atom is -0.495 e. The van der Waals surface area contributed by atoms with E-state index in [1.54, 1.807) is 19.2 Å². The molecule has 1 N–H and O–H groups in total. The second kappa shape index (κ2) is 5.62. The van der Waals surface area contributed by atoms with E-state index in [9.17, 15) is 4.39 Å². The lowest BCUT2D eigenvalue weighted by molar-refractivity contribution is 0.417. The highest BCUT2D eigenvalue weighted by Gasteiger charge is 2.12. The fraction of sp³-hybridized carbons (Fsp3) is 0.0588. The van der Waals surface area contributed by atoms with Gasteiger partial charge in [-0.05, 0) is 23.6 Å². The van der Waals surface area contributed by atoms with Crippen molar-refractivity contribution in [3.63, 3.8) is 0 Å². The van der Waals surface area contributed by atoms with E-state index in [2.05, 4.69) is 5.32 Å². The van der Waals surface area contributed by atoms with E-state index in [0.717, 1.165) is 16.5 Å². The van der Waals surface area contributed by atoms with E-state index in [-0.39, 0.29) is 5.02 Å². The van der Waals surface area contributed by atoms with Gasteiger partial charge >= 0.3 is 0 Å². The van der Waals surface area contributed by atoms with Gasteiger partial charge in [0.25, 0.3) is 0 Å². The van der Waals surface area contributed by atoms with Crippen molar-refractivity contribution in [2.24, 2.45) is 0 Å². The van der Waals surface area contributed by atoms with Crippen LogP contribution in [0.3, 0.4) is 0 Å². The molecule has 0 aliphatic carbocycles. The fourth-order valence-corrected chi connectivity index (χ4v) is 2.46. The van der Waals surface area contributed by atoms with Crippen molar-refractivity contribution in [3.05, 3.63) is 65.4 Å². The maximum Gasteiger partial charge on any atom is 0.165 e. The van der Waals surface area contributed by atoms with Gasteiger partial charge in [-0.3, -0.25) is 0 Å². The van der Waals surface area contributed by atoms with Gasteiger partial charge in [0.05, 0.1) is 23.5 Å². The number of benzene rings is 3. The predicted molar refractivity (Wildman–Crippen MR) is 85.2 cm³/mol.